The summed E-state index contributed by atoms with van der Waals surface area (Å²) in [6.45, 7) is 1.97. The van der Waals surface area contributed by atoms with Gasteiger partial charge in [-0.15, -0.1) is 0 Å². The lowest BCUT2D eigenvalue weighted by atomic mass is 10.3. The first-order valence-corrected chi connectivity index (χ1v) is 4.09. The van der Waals surface area contributed by atoms with Crippen molar-refractivity contribution < 1.29 is 23.8 Å². The highest BCUT2D eigenvalue weighted by atomic mass is 16.5. The third-order valence-electron chi connectivity index (χ3n) is 1.49. The highest BCUT2D eigenvalue weighted by Gasteiger charge is 2.12. The molecule has 0 aromatic carbocycles. The van der Waals surface area contributed by atoms with E-state index in [1.54, 1.807) is 6.92 Å². The molecule has 1 aromatic heterocycles. The van der Waals surface area contributed by atoms with Crippen molar-refractivity contribution in [2.45, 2.75) is 13.3 Å². The van der Waals surface area contributed by atoms with E-state index in [-0.39, 0.29) is 24.4 Å². The Kier molecular flexibility index (Phi) is 3.28. The largest absolute Gasteiger partial charge is 0.481 e. The van der Waals surface area contributed by atoms with E-state index in [0.29, 0.717) is 0 Å². The van der Waals surface area contributed by atoms with E-state index < -0.39 is 11.9 Å². The zero-order valence-electron chi connectivity index (χ0n) is 7.65. The zero-order valence-corrected chi connectivity index (χ0v) is 7.65. The molecule has 1 rings (SSSR count). The summed E-state index contributed by atoms with van der Waals surface area (Å²) >= 11 is 0. The maximum atomic E-state index is 11.1. The maximum Gasteiger partial charge on any atom is 0.341 e. The van der Waals surface area contributed by atoms with Gasteiger partial charge in [0.25, 0.3) is 0 Å². The molecule has 0 atom stereocenters. The Morgan fingerprint density at radius 1 is 1.57 bits per heavy atom. The van der Waals surface area contributed by atoms with Crippen LogP contribution in [0.15, 0.2) is 16.7 Å². The summed E-state index contributed by atoms with van der Waals surface area (Å²) in [4.78, 5) is 21.4. The van der Waals surface area contributed by atoms with Gasteiger partial charge in [-0.3, -0.25) is 4.79 Å². The molecule has 1 N–H and O–H groups in total. The number of hydrogen-bond donors (Lipinski definition) is 1. The van der Waals surface area contributed by atoms with Gasteiger partial charge in [0.15, 0.2) is 0 Å². The van der Waals surface area contributed by atoms with Crippen LogP contribution in [0.3, 0.4) is 0 Å². The van der Waals surface area contributed by atoms with Gasteiger partial charge < -0.3 is 14.3 Å². The fourth-order valence-corrected chi connectivity index (χ4v) is 0.944. The molecule has 0 unspecified atom stereocenters. The number of carboxylic acid groups (broad SMARTS) is 1. The van der Waals surface area contributed by atoms with Crippen molar-refractivity contribution >= 4 is 11.9 Å². The zero-order chi connectivity index (χ0) is 10.6. The molecule has 1 aromatic rings. The minimum Gasteiger partial charge on any atom is -0.481 e. The number of esters is 1. The number of hydrogen-bond acceptors (Lipinski definition) is 4. The topological polar surface area (TPSA) is 76.7 Å². The molecule has 0 amide bonds. The van der Waals surface area contributed by atoms with Gasteiger partial charge in [-0.25, -0.2) is 4.79 Å². The molecule has 0 saturated heterocycles. The molecule has 5 nitrogen and oxygen atoms in total. The van der Waals surface area contributed by atoms with Crippen LogP contribution in [0.2, 0.25) is 0 Å². The Labute approximate surface area is 80.3 Å². The summed E-state index contributed by atoms with van der Waals surface area (Å²) in [7, 11) is 0. The van der Waals surface area contributed by atoms with E-state index in [1.807, 2.05) is 0 Å². The molecule has 0 bridgehead atoms. The number of ether oxygens (including phenoxy) is 1. The van der Waals surface area contributed by atoms with Crippen molar-refractivity contribution in [1.29, 1.82) is 0 Å². The predicted octanol–water partition coefficient (Wildman–Crippen LogP) is 1.08. The molecule has 0 radical (unpaired) electrons. The number of aliphatic carboxylic acids is 1. The van der Waals surface area contributed by atoms with Gasteiger partial charge in [0.2, 0.25) is 0 Å². The normalized spacial score (nSPS) is 9.79. The Morgan fingerprint density at radius 3 is 2.86 bits per heavy atom. The summed E-state index contributed by atoms with van der Waals surface area (Å²) in [5, 5.41) is 8.44. The van der Waals surface area contributed by atoms with Crippen molar-refractivity contribution in [3.05, 3.63) is 23.7 Å². The summed E-state index contributed by atoms with van der Waals surface area (Å²) in [5.74, 6) is -1.27. The van der Waals surface area contributed by atoms with Crippen LogP contribution in [-0.4, -0.2) is 23.7 Å². The molecule has 1 heterocycles. The van der Waals surface area contributed by atoms with E-state index in [4.69, 9.17) is 14.3 Å². The van der Waals surface area contributed by atoms with E-state index in [2.05, 4.69) is 0 Å². The minimum atomic E-state index is -1.00. The van der Waals surface area contributed by atoms with Gasteiger partial charge in [-0.2, -0.15) is 0 Å². The molecule has 0 saturated carbocycles. The molecule has 5 heteroatoms. The maximum absolute atomic E-state index is 11.1. The van der Waals surface area contributed by atoms with Crippen molar-refractivity contribution in [3.8, 4) is 0 Å². The molecule has 76 valence electrons. The Bertz CT molecular complexity index is 339. The van der Waals surface area contributed by atoms with E-state index in [9.17, 15) is 9.59 Å². The first-order valence-electron chi connectivity index (χ1n) is 4.09. The van der Waals surface area contributed by atoms with Crippen LogP contribution in [0.4, 0.5) is 0 Å². The van der Waals surface area contributed by atoms with Gasteiger partial charge in [0, 0.05) is 0 Å². The van der Waals surface area contributed by atoms with Crippen molar-refractivity contribution in [2.24, 2.45) is 0 Å². The lowest BCUT2D eigenvalue weighted by molar-refractivity contribution is -0.136. The summed E-state index contributed by atoms with van der Waals surface area (Å²) in [6.07, 6.45) is 0.954. The summed E-state index contributed by atoms with van der Waals surface area (Å²) in [6, 6.07) is 1.37. The first kappa shape index (κ1) is 10.3. The van der Waals surface area contributed by atoms with Crippen LogP contribution in [-0.2, 0) is 16.0 Å². The molecule has 0 aliphatic heterocycles. The van der Waals surface area contributed by atoms with Gasteiger partial charge in [-0.05, 0) is 13.0 Å². The van der Waals surface area contributed by atoms with Gasteiger partial charge >= 0.3 is 11.9 Å². The van der Waals surface area contributed by atoms with E-state index >= 15 is 0 Å². The predicted molar refractivity (Wildman–Crippen MR) is 46.0 cm³/mol. The van der Waals surface area contributed by atoms with E-state index in [0.717, 1.165) is 0 Å². The number of rotatable bonds is 4. The molecule has 0 aliphatic rings. The van der Waals surface area contributed by atoms with Crippen molar-refractivity contribution in [1.82, 2.24) is 0 Å². The average Bonchev–Trinajstić information content (AvgIpc) is 2.52. The fourth-order valence-electron chi connectivity index (χ4n) is 0.944. The molecule has 0 aliphatic carbocycles. The number of carboxylic acids is 1. The molecule has 0 fully saturated rings. The molecular formula is C9H10O5. The second-order valence-electron chi connectivity index (χ2n) is 2.59. The monoisotopic (exact) mass is 198 g/mol. The van der Waals surface area contributed by atoms with Crippen LogP contribution in [0, 0.1) is 0 Å². The van der Waals surface area contributed by atoms with Gasteiger partial charge in [0.1, 0.15) is 18.4 Å². The lowest BCUT2D eigenvalue weighted by Crippen LogP contribution is -2.03. The van der Waals surface area contributed by atoms with Gasteiger partial charge in [0.05, 0.1) is 12.2 Å². The number of furan rings is 1. The summed E-state index contributed by atoms with van der Waals surface area (Å²) in [5.41, 5.74) is 0.239. The number of carbonyl (C=O) groups excluding carboxylic acids is 1. The van der Waals surface area contributed by atoms with Crippen LogP contribution in [0.25, 0.3) is 0 Å². The molecule has 0 spiro atoms. The Balaban J connectivity index is 2.67. The van der Waals surface area contributed by atoms with Crippen LogP contribution < -0.4 is 0 Å². The second kappa shape index (κ2) is 4.45. The highest BCUT2D eigenvalue weighted by molar-refractivity contribution is 5.89. The third kappa shape index (κ3) is 2.62. The van der Waals surface area contributed by atoms with Crippen LogP contribution >= 0.6 is 0 Å². The fraction of sp³-hybridized carbons (Fsp3) is 0.333. The van der Waals surface area contributed by atoms with Crippen LogP contribution in [0.1, 0.15) is 23.0 Å². The van der Waals surface area contributed by atoms with Crippen molar-refractivity contribution in [2.75, 3.05) is 6.61 Å². The van der Waals surface area contributed by atoms with Gasteiger partial charge in [-0.1, -0.05) is 0 Å². The molecule has 14 heavy (non-hydrogen) atoms. The van der Waals surface area contributed by atoms with Crippen LogP contribution in [0.5, 0.6) is 0 Å². The number of carbonyl (C=O) groups is 2. The van der Waals surface area contributed by atoms with Crippen molar-refractivity contribution in [3.63, 3.8) is 0 Å². The minimum absolute atomic E-state index is 0.237. The van der Waals surface area contributed by atoms with E-state index in [1.165, 1.54) is 12.3 Å². The smallest absolute Gasteiger partial charge is 0.341 e. The third-order valence-corrected chi connectivity index (χ3v) is 1.49. The quantitative estimate of drug-likeness (QED) is 0.732. The Hall–Kier alpha value is -1.78. The lowest BCUT2D eigenvalue weighted by Gasteiger charge is -1.95. The SMILES string of the molecule is CCOC(=O)c1coc(CC(=O)O)c1. The standard InChI is InChI=1S/C9H10O5/c1-2-13-9(12)6-3-7(14-5-6)4-8(10)11/h3,5H,2,4H2,1H3,(H,10,11). The second-order valence-corrected chi connectivity index (χ2v) is 2.59. The average molecular weight is 198 g/mol. The first-order chi connectivity index (χ1) is 6.63. The highest BCUT2D eigenvalue weighted by Crippen LogP contribution is 2.09. The summed E-state index contributed by atoms with van der Waals surface area (Å²) < 4.78 is 9.56. The Morgan fingerprint density at radius 2 is 2.29 bits per heavy atom. The molecular weight excluding hydrogens is 188 g/mol.